The van der Waals surface area contributed by atoms with Crippen LogP contribution in [0.3, 0.4) is 0 Å². The SMILES string of the molecule is C=CC1CC(=O)N(c2ccc(CC#N)cc2)C1. The van der Waals surface area contributed by atoms with E-state index < -0.39 is 0 Å². The van der Waals surface area contributed by atoms with Crippen LogP contribution in [-0.4, -0.2) is 12.5 Å². The van der Waals surface area contributed by atoms with Crippen molar-refractivity contribution in [2.45, 2.75) is 12.8 Å². The summed E-state index contributed by atoms with van der Waals surface area (Å²) in [7, 11) is 0. The van der Waals surface area contributed by atoms with E-state index >= 15 is 0 Å². The van der Waals surface area contributed by atoms with Crippen LogP contribution in [0.25, 0.3) is 0 Å². The molecule has 0 spiro atoms. The molecule has 1 aromatic rings. The normalized spacial score (nSPS) is 19.1. The summed E-state index contributed by atoms with van der Waals surface area (Å²) in [5.41, 5.74) is 1.88. The zero-order valence-corrected chi connectivity index (χ0v) is 9.60. The van der Waals surface area contributed by atoms with Crippen LogP contribution in [-0.2, 0) is 11.2 Å². The van der Waals surface area contributed by atoms with Gasteiger partial charge < -0.3 is 4.90 Å². The molecule has 1 fully saturated rings. The predicted molar refractivity (Wildman–Crippen MR) is 66.4 cm³/mol. The van der Waals surface area contributed by atoms with Gasteiger partial charge in [-0.2, -0.15) is 5.26 Å². The molecule has 1 aromatic carbocycles. The van der Waals surface area contributed by atoms with Crippen molar-refractivity contribution in [2.75, 3.05) is 11.4 Å². The molecule has 1 unspecified atom stereocenters. The van der Waals surface area contributed by atoms with Crippen LogP contribution in [0, 0.1) is 17.2 Å². The highest BCUT2D eigenvalue weighted by atomic mass is 16.2. The van der Waals surface area contributed by atoms with Crippen LogP contribution in [0.15, 0.2) is 36.9 Å². The molecule has 1 aliphatic rings. The molecule has 1 amide bonds. The first-order valence-corrected chi connectivity index (χ1v) is 5.63. The maximum absolute atomic E-state index is 11.8. The molecule has 0 aliphatic carbocycles. The molecule has 0 radical (unpaired) electrons. The Morgan fingerprint density at radius 3 is 2.71 bits per heavy atom. The van der Waals surface area contributed by atoms with Crippen LogP contribution in [0.2, 0.25) is 0 Å². The van der Waals surface area contributed by atoms with Crippen molar-refractivity contribution in [1.29, 1.82) is 5.26 Å². The number of nitriles is 1. The van der Waals surface area contributed by atoms with E-state index in [4.69, 9.17) is 5.26 Å². The van der Waals surface area contributed by atoms with E-state index in [0.717, 1.165) is 11.3 Å². The van der Waals surface area contributed by atoms with Gasteiger partial charge in [-0.3, -0.25) is 4.79 Å². The third-order valence-electron chi connectivity index (χ3n) is 3.02. The molecule has 86 valence electrons. The maximum atomic E-state index is 11.8. The molecule has 1 aliphatic heterocycles. The Balaban J connectivity index is 2.15. The van der Waals surface area contributed by atoms with Crippen LogP contribution >= 0.6 is 0 Å². The van der Waals surface area contributed by atoms with E-state index in [1.54, 1.807) is 4.90 Å². The lowest BCUT2D eigenvalue weighted by molar-refractivity contribution is -0.117. The molecular formula is C14H14N2O. The molecule has 0 bridgehead atoms. The van der Waals surface area contributed by atoms with Crippen LogP contribution in [0.5, 0.6) is 0 Å². The molecular weight excluding hydrogens is 212 g/mol. The van der Waals surface area contributed by atoms with Gasteiger partial charge in [0.2, 0.25) is 5.91 Å². The summed E-state index contributed by atoms with van der Waals surface area (Å²) in [6.07, 6.45) is 2.79. The average Bonchev–Trinajstić information content (AvgIpc) is 2.72. The molecule has 1 atom stereocenters. The van der Waals surface area contributed by atoms with Gasteiger partial charge in [-0.1, -0.05) is 18.2 Å². The zero-order valence-electron chi connectivity index (χ0n) is 9.60. The molecule has 3 heteroatoms. The Morgan fingerprint density at radius 2 is 2.18 bits per heavy atom. The first kappa shape index (κ1) is 11.4. The van der Waals surface area contributed by atoms with E-state index in [-0.39, 0.29) is 11.8 Å². The number of anilines is 1. The van der Waals surface area contributed by atoms with E-state index in [1.807, 2.05) is 30.3 Å². The van der Waals surface area contributed by atoms with Gasteiger partial charge >= 0.3 is 0 Å². The number of amides is 1. The maximum Gasteiger partial charge on any atom is 0.227 e. The molecule has 3 nitrogen and oxygen atoms in total. The predicted octanol–water partition coefficient (Wildman–Crippen LogP) is 2.29. The quantitative estimate of drug-likeness (QED) is 0.742. The second kappa shape index (κ2) is 4.84. The Bertz CT molecular complexity index is 470. The second-order valence-corrected chi connectivity index (χ2v) is 4.21. The van der Waals surface area contributed by atoms with Crippen LogP contribution < -0.4 is 4.90 Å². The Morgan fingerprint density at radius 1 is 1.47 bits per heavy atom. The minimum atomic E-state index is 0.142. The summed E-state index contributed by atoms with van der Waals surface area (Å²) in [6, 6.07) is 9.69. The van der Waals surface area contributed by atoms with Gasteiger partial charge in [0.25, 0.3) is 0 Å². The molecule has 17 heavy (non-hydrogen) atoms. The number of carbonyl (C=O) groups excluding carboxylic acids is 1. The summed E-state index contributed by atoms with van der Waals surface area (Å²) in [6.45, 7) is 4.44. The first-order valence-electron chi connectivity index (χ1n) is 5.63. The topological polar surface area (TPSA) is 44.1 Å². The fourth-order valence-electron chi connectivity index (χ4n) is 2.03. The van der Waals surface area contributed by atoms with Gasteiger partial charge in [0, 0.05) is 24.6 Å². The molecule has 0 saturated carbocycles. The summed E-state index contributed by atoms with van der Waals surface area (Å²) in [4.78, 5) is 13.6. The third-order valence-corrected chi connectivity index (χ3v) is 3.02. The van der Waals surface area contributed by atoms with Crippen molar-refractivity contribution in [3.63, 3.8) is 0 Å². The highest BCUT2D eigenvalue weighted by molar-refractivity contribution is 5.95. The van der Waals surface area contributed by atoms with Gasteiger partial charge in [-0.05, 0) is 17.7 Å². The zero-order chi connectivity index (χ0) is 12.3. The fraction of sp³-hybridized carbons (Fsp3) is 0.286. The molecule has 1 saturated heterocycles. The van der Waals surface area contributed by atoms with E-state index in [0.29, 0.717) is 19.4 Å². The van der Waals surface area contributed by atoms with Crippen molar-refractivity contribution >= 4 is 11.6 Å². The van der Waals surface area contributed by atoms with Crippen LogP contribution in [0.4, 0.5) is 5.69 Å². The van der Waals surface area contributed by atoms with E-state index in [1.165, 1.54) is 0 Å². The second-order valence-electron chi connectivity index (χ2n) is 4.21. The summed E-state index contributed by atoms with van der Waals surface area (Å²) >= 11 is 0. The lowest BCUT2D eigenvalue weighted by atomic mass is 10.1. The summed E-state index contributed by atoms with van der Waals surface area (Å²) in [5.74, 6) is 0.393. The highest BCUT2D eigenvalue weighted by Crippen LogP contribution is 2.25. The monoisotopic (exact) mass is 226 g/mol. The van der Waals surface area contributed by atoms with E-state index in [2.05, 4.69) is 12.6 Å². The van der Waals surface area contributed by atoms with Crippen molar-refractivity contribution in [2.24, 2.45) is 5.92 Å². The fourth-order valence-corrected chi connectivity index (χ4v) is 2.03. The number of carbonyl (C=O) groups is 1. The van der Waals surface area contributed by atoms with E-state index in [9.17, 15) is 4.79 Å². The van der Waals surface area contributed by atoms with Crippen molar-refractivity contribution in [1.82, 2.24) is 0 Å². The number of benzene rings is 1. The largest absolute Gasteiger partial charge is 0.312 e. The number of hydrogen-bond acceptors (Lipinski definition) is 2. The molecule has 0 N–H and O–H groups in total. The number of hydrogen-bond donors (Lipinski definition) is 0. The Hall–Kier alpha value is -2.08. The summed E-state index contributed by atoms with van der Waals surface area (Å²) in [5, 5.41) is 8.58. The van der Waals surface area contributed by atoms with Gasteiger partial charge in [0.1, 0.15) is 0 Å². The lowest BCUT2D eigenvalue weighted by Gasteiger charge is -2.16. The minimum Gasteiger partial charge on any atom is -0.312 e. The van der Waals surface area contributed by atoms with Gasteiger partial charge in [-0.25, -0.2) is 0 Å². The molecule has 0 aromatic heterocycles. The molecule has 2 rings (SSSR count). The smallest absolute Gasteiger partial charge is 0.227 e. The van der Waals surface area contributed by atoms with Gasteiger partial charge in [-0.15, -0.1) is 6.58 Å². The third kappa shape index (κ3) is 2.36. The van der Waals surface area contributed by atoms with Crippen molar-refractivity contribution < 1.29 is 4.79 Å². The Kier molecular flexibility index (Phi) is 3.24. The van der Waals surface area contributed by atoms with Crippen molar-refractivity contribution in [3.8, 4) is 6.07 Å². The number of rotatable bonds is 3. The Labute approximate surface area is 101 Å². The summed E-state index contributed by atoms with van der Waals surface area (Å²) < 4.78 is 0. The highest BCUT2D eigenvalue weighted by Gasteiger charge is 2.28. The first-order chi connectivity index (χ1) is 8.24. The average molecular weight is 226 g/mol. The molecule has 1 heterocycles. The minimum absolute atomic E-state index is 0.142. The van der Waals surface area contributed by atoms with Gasteiger partial charge in [0.15, 0.2) is 0 Å². The van der Waals surface area contributed by atoms with Crippen molar-refractivity contribution in [3.05, 3.63) is 42.5 Å². The number of nitrogens with zero attached hydrogens (tertiary/aromatic N) is 2. The van der Waals surface area contributed by atoms with Gasteiger partial charge in [0.05, 0.1) is 12.5 Å². The lowest BCUT2D eigenvalue weighted by Crippen LogP contribution is -2.24. The standard InChI is InChI=1S/C14H14N2O/c1-2-11-9-14(17)16(10-11)13-5-3-12(4-6-13)7-8-15/h2-6,11H,1,7,9-10H2. The van der Waals surface area contributed by atoms with Crippen LogP contribution in [0.1, 0.15) is 12.0 Å².